The Hall–Kier alpha value is -1.95. The van der Waals surface area contributed by atoms with E-state index >= 15 is 0 Å². The second-order valence-corrected chi connectivity index (χ2v) is 6.10. The molecule has 5 nitrogen and oxygen atoms in total. The molecule has 1 aromatic rings. The molecule has 0 aliphatic heterocycles. The third-order valence-electron chi connectivity index (χ3n) is 3.28. The zero-order valence-corrected chi connectivity index (χ0v) is 15.3. The zero-order chi connectivity index (χ0) is 17.4. The molecule has 126 valence electrons. The number of likely N-dealkylation sites (N-methyl/N-ethyl adjacent to an activating group) is 1. The molecule has 1 heterocycles. The summed E-state index contributed by atoms with van der Waals surface area (Å²) in [7, 11) is 1.71. The van der Waals surface area contributed by atoms with E-state index in [1.165, 1.54) is 11.3 Å². The molecule has 23 heavy (non-hydrogen) atoms. The molecular weight excluding hydrogens is 310 g/mol. The number of amides is 2. The van der Waals surface area contributed by atoms with Crippen LogP contribution in [0.5, 0.6) is 0 Å². The van der Waals surface area contributed by atoms with Crippen LogP contribution in [0.2, 0.25) is 0 Å². The molecular formula is C17H25N3O2S. The van der Waals surface area contributed by atoms with Gasteiger partial charge in [0.25, 0.3) is 5.91 Å². The van der Waals surface area contributed by atoms with Gasteiger partial charge in [-0.05, 0) is 26.7 Å². The zero-order valence-electron chi connectivity index (χ0n) is 14.5. The van der Waals surface area contributed by atoms with Gasteiger partial charge in [0, 0.05) is 23.6 Å². The van der Waals surface area contributed by atoms with E-state index in [0.717, 1.165) is 18.5 Å². The first-order chi connectivity index (χ1) is 10.9. The predicted octanol–water partition coefficient (Wildman–Crippen LogP) is 3.43. The first-order valence-electron chi connectivity index (χ1n) is 7.74. The maximum atomic E-state index is 12.2. The Balaban J connectivity index is 2.68. The van der Waals surface area contributed by atoms with Crippen LogP contribution in [0.25, 0.3) is 0 Å². The SMILES string of the molecule is CCC=C(C)C(=O)NCc1csc(N(C)C(=O)C(C)=CCC)n1. The van der Waals surface area contributed by atoms with Crippen molar-refractivity contribution in [1.29, 1.82) is 0 Å². The van der Waals surface area contributed by atoms with E-state index in [4.69, 9.17) is 0 Å². The number of hydrogen-bond donors (Lipinski definition) is 1. The summed E-state index contributed by atoms with van der Waals surface area (Å²) >= 11 is 1.39. The third-order valence-corrected chi connectivity index (χ3v) is 4.24. The minimum absolute atomic E-state index is 0.0569. The molecule has 0 aromatic carbocycles. The monoisotopic (exact) mass is 335 g/mol. The number of hydrogen-bond acceptors (Lipinski definition) is 4. The number of carbonyl (C=O) groups is 2. The van der Waals surface area contributed by atoms with E-state index in [9.17, 15) is 9.59 Å². The van der Waals surface area contributed by atoms with Gasteiger partial charge in [-0.15, -0.1) is 11.3 Å². The van der Waals surface area contributed by atoms with Crippen LogP contribution < -0.4 is 10.2 Å². The van der Waals surface area contributed by atoms with Gasteiger partial charge >= 0.3 is 0 Å². The van der Waals surface area contributed by atoms with E-state index in [-0.39, 0.29) is 11.8 Å². The van der Waals surface area contributed by atoms with Crippen molar-refractivity contribution in [3.8, 4) is 0 Å². The summed E-state index contributed by atoms with van der Waals surface area (Å²) < 4.78 is 0. The van der Waals surface area contributed by atoms with Gasteiger partial charge in [0.05, 0.1) is 12.2 Å². The number of carbonyl (C=O) groups excluding carboxylic acids is 2. The van der Waals surface area contributed by atoms with Gasteiger partial charge in [-0.3, -0.25) is 14.5 Å². The fraction of sp³-hybridized carbons (Fsp3) is 0.471. The van der Waals surface area contributed by atoms with E-state index in [1.807, 2.05) is 31.4 Å². The number of nitrogens with one attached hydrogen (secondary N) is 1. The van der Waals surface area contributed by atoms with E-state index < -0.39 is 0 Å². The van der Waals surface area contributed by atoms with Gasteiger partial charge in [0.2, 0.25) is 5.91 Å². The number of thiazole rings is 1. The predicted molar refractivity (Wildman–Crippen MR) is 95.5 cm³/mol. The Morgan fingerprint density at radius 1 is 1.22 bits per heavy atom. The summed E-state index contributed by atoms with van der Waals surface area (Å²) in [6.45, 7) is 7.94. The average molecular weight is 335 g/mol. The molecule has 0 radical (unpaired) electrons. The summed E-state index contributed by atoms with van der Waals surface area (Å²) in [6, 6.07) is 0. The van der Waals surface area contributed by atoms with Crippen LogP contribution in [-0.4, -0.2) is 23.8 Å². The van der Waals surface area contributed by atoms with Crippen LogP contribution in [-0.2, 0) is 16.1 Å². The Labute approximate surface area is 142 Å². The normalized spacial score (nSPS) is 12.2. The first-order valence-corrected chi connectivity index (χ1v) is 8.62. The third kappa shape index (κ3) is 5.63. The molecule has 0 aliphatic rings. The van der Waals surface area contributed by atoms with Crippen molar-refractivity contribution in [2.24, 2.45) is 0 Å². The van der Waals surface area contributed by atoms with Crippen LogP contribution in [0.15, 0.2) is 28.7 Å². The largest absolute Gasteiger partial charge is 0.347 e. The Bertz CT molecular complexity index is 617. The highest BCUT2D eigenvalue weighted by molar-refractivity contribution is 7.14. The molecule has 1 N–H and O–H groups in total. The van der Waals surface area contributed by atoms with E-state index in [1.54, 1.807) is 25.8 Å². The van der Waals surface area contributed by atoms with Crippen molar-refractivity contribution in [2.45, 2.75) is 47.1 Å². The van der Waals surface area contributed by atoms with Gasteiger partial charge in [0.15, 0.2) is 5.13 Å². The molecule has 2 amide bonds. The number of aromatic nitrogens is 1. The van der Waals surface area contributed by atoms with Crippen molar-refractivity contribution in [3.63, 3.8) is 0 Å². The fourth-order valence-corrected chi connectivity index (χ4v) is 2.77. The molecule has 1 aromatic heterocycles. The molecule has 0 unspecified atom stereocenters. The molecule has 1 rings (SSSR count). The first kappa shape index (κ1) is 19.1. The molecule has 6 heteroatoms. The Morgan fingerprint density at radius 3 is 2.43 bits per heavy atom. The lowest BCUT2D eigenvalue weighted by Crippen LogP contribution is -2.27. The van der Waals surface area contributed by atoms with Crippen LogP contribution in [0.3, 0.4) is 0 Å². The molecule has 0 fully saturated rings. The standard InChI is InChI=1S/C17H25N3O2S/c1-6-8-12(3)15(21)18-10-14-11-23-17(19-14)20(5)16(22)13(4)9-7-2/h8-9,11H,6-7,10H2,1-5H3,(H,18,21). The Kier molecular flexibility index (Phi) is 7.68. The topological polar surface area (TPSA) is 62.3 Å². The van der Waals surface area contributed by atoms with Crippen LogP contribution >= 0.6 is 11.3 Å². The van der Waals surface area contributed by atoms with Crippen molar-refractivity contribution < 1.29 is 9.59 Å². The number of anilines is 1. The molecule has 0 saturated carbocycles. The van der Waals surface area contributed by atoms with Gasteiger partial charge in [-0.2, -0.15) is 0 Å². The minimum Gasteiger partial charge on any atom is -0.347 e. The van der Waals surface area contributed by atoms with Crippen molar-refractivity contribution in [2.75, 3.05) is 11.9 Å². The van der Waals surface area contributed by atoms with Gasteiger partial charge in [-0.25, -0.2) is 4.98 Å². The van der Waals surface area contributed by atoms with E-state index in [0.29, 0.717) is 22.8 Å². The van der Waals surface area contributed by atoms with Crippen molar-refractivity contribution >= 4 is 28.3 Å². The maximum Gasteiger partial charge on any atom is 0.255 e. The number of rotatable bonds is 7. The fourth-order valence-electron chi connectivity index (χ4n) is 1.99. The molecule has 0 aliphatic carbocycles. The average Bonchev–Trinajstić information content (AvgIpc) is 3.00. The van der Waals surface area contributed by atoms with Crippen molar-refractivity contribution in [1.82, 2.24) is 10.3 Å². The van der Waals surface area contributed by atoms with Crippen LogP contribution in [0.1, 0.15) is 46.2 Å². The maximum absolute atomic E-state index is 12.2. The number of nitrogens with zero attached hydrogens (tertiary/aromatic N) is 2. The minimum atomic E-state index is -0.0902. The van der Waals surface area contributed by atoms with Crippen LogP contribution in [0.4, 0.5) is 5.13 Å². The summed E-state index contributed by atoms with van der Waals surface area (Å²) in [6.07, 6.45) is 5.44. The quantitative estimate of drug-likeness (QED) is 0.777. The summed E-state index contributed by atoms with van der Waals surface area (Å²) in [5.41, 5.74) is 2.16. The van der Waals surface area contributed by atoms with Gasteiger partial charge < -0.3 is 5.32 Å². The smallest absolute Gasteiger partial charge is 0.255 e. The van der Waals surface area contributed by atoms with Gasteiger partial charge in [0.1, 0.15) is 0 Å². The van der Waals surface area contributed by atoms with Crippen molar-refractivity contribution in [3.05, 3.63) is 34.4 Å². The lowest BCUT2D eigenvalue weighted by molar-refractivity contribution is -0.117. The number of allylic oxidation sites excluding steroid dienone is 2. The summed E-state index contributed by atoms with van der Waals surface area (Å²) in [4.78, 5) is 30.0. The Morgan fingerprint density at radius 2 is 1.83 bits per heavy atom. The molecule has 0 bridgehead atoms. The molecule has 0 atom stereocenters. The van der Waals surface area contributed by atoms with Crippen LogP contribution in [0, 0.1) is 0 Å². The highest BCUT2D eigenvalue weighted by Gasteiger charge is 2.16. The van der Waals surface area contributed by atoms with Gasteiger partial charge in [-0.1, -0.05) is 26.0 Å². The highest BCUT2D eigenvalue weighted by Crippen LogP contribution is 2.21. The second kappa shape index (κ2) is 9.25. The highest BCUT2D eigenvalue weighted by atomic mass is 32.1. The lowest BCUT2D eigenvalue weighted by Gasteiger charge is -2.13. The molecule has 0 saturated heterocycles. The second-order valence-electron chi connectivity index (χ2n) is 5.26. The summed E-state index contributed by atoms with van der Waals surface area (Å²) in [5.74, 6) is -0.147. The van der Waals surface area contributed by atoms with E-state index in [2.05, 4.69) is 10.3 Å². The molecule has 0 spiro atoms. The summed E-state index contributed by atoms with van der Waals surface area (Å²) in [5, 5.41) is 5.32. The lowest BCUT2D eigenvalue weighted by atomic mass is 10.2.